The van der Waals surface area contributed by atoms with E-state index < -0.39 is 11.8 Å². The monoisotopic (exact) mass is 308 g/mol. The Bertz CT molecular complexity index is 712. The van der Waals surface area contributed by atoms with Gasteiger partial charge in [-0.1, -0.05) is 41.9 Å². The van der Waals surface area contributed by atoms with Crippen molar-refractivity contribution in [1.82, 2.24) is 0 Å². The van der Waals surface area contributed by atoms with Gasteiger partial charge in [0.1, 0.15) is 5.92 Å². The van der Waals surface area contributed by atoms with E-state index in [4.69, 9.17) is 11.6 Å². The fraction of sp³-hybridized carbons (Fsp3) is 0.167. The minimum Gasteiger partial charge on any atom is -0.294 e. The van der Waals surface area contributed by atoms with Crippen molar-refractivity contribution in [3.05, 3.63) is 70.7 Å². The SMILES string of the molecule is N#CC(C#N)C(CC(=O)c1ccc(Cl)cc1)c1ccccc1. The van der Waals surface area contributed by atoms with Gasteiger partial charge in [-0.25, -0.2) is 0 Å². The predicted molar refractivity (Wildman–Crippen MR) is 84.3 cm³/mol. The number of rotatable bonds is 5. The van der Waals surface area contributed by atoms with E-state index >= 15 is 0 Å². The molecule has 0 bridgehead atoms. The molecule has 0 fully saturated rings. The molecule has 1 unspecified atom stereocenters. The van der Waals surface area contributed by atoms with Crippen LogP contribution in [-0.2, 0) is 0 Å². The van der Waals surface area contributed by atoms with Crippen molar-refractivity contribution in [1.29, 1.82) is 10.5 Å². The molecule has 0 aliphatic heterocycles. The van der Waals surface area contributed by atoms with Gasteiger partial charge in [0.15, 0.2) is 5.78 Å². The van der Waals surface area contributed by atoms with Gasteiger partial charge in [0.05, 0.1) is 12.1 Å². The first-order valence-electron chi connectivity index (χ1n) is 6.78. The maximum absolute atomic E-state index is 12.4. The fourth-order valence-corrected chi connectivity index (χ4v) is 2.42. The molecule has 0 spiro atoms. The van der Waals surface area contributed by atoms with Gasteiger partial charge in [0, 0.05) is 22.9 Å². The third-order valence-corrected chi connectivity index (χ3v) is 3.73. The maximum Gasteiger partial charge on any atom is 0.163 e. The lowest BCUT2D eigenvalue weighted by molar-refractivity contribution is 0.0971. The number of benzene rings is 2. The van der Waals surface area contributed by atoms with Gasteiger partial charge < -0.3 is 0 Å². The quantitative estimate of drug-likeness (QED) is 0.771. The third-order valence-electron chi connectivity index (χ3n) is 3.48. The molecule has 0 N–H and O–H groups in total. The molecule has 108 valence electrons. The van der Waals surface area contributed by atoms with E-state index in [2.05, 4.69) is 0 Å². The summed E-state index contributed by atoms with van der Waals surface area (Å²) in [5, 5.41) is 18.9. The normalized spacial score (nSPS) is 11.5. The van der Waals surface area contributed by atoms with E-state index in [1.54, 1.807) is 24.3 Å². The van der Waals surface area contributed by atoms with Crippen LogP contribution in [0.3, 0.4) is 0 Å². The summed E-state index contributed by atoms with van der Waals surface area (Å²) in [6.45, 7) is 0. The number of carbonyl (C=O) groups excluding carboxylic acids is 1. The smallest absolute Gasteiger partial charge is 0.163 e. The lowest BCUT2D eigenvalue weighted by Crippen LogP contribution is -2.15. The van der Waals surface area contributed by atoms with E-state index in [9.17, 15) is 15.3 Å². The number of hydrogen-bond acceptors (Lipinski definition) is 3. The first-order chi connectivity index (χ1) is 10.7. The van der Waals surface area contributed by atoms with Crippen LogP contribution in [0.1, 0.15) is 28.3 Å². The molecule has 0 radical (unpaired) electrons. The Morgan fingerprint density at radius 1 is 1.00 bits per heavy atom. The van der Waals surface area contributed by atoms with Gasteiger partial charge in [0.25, 0.3) is 0 Å². The number of ketones is 1. The molecule has 2 aromatic carbocycles. The Morgan fingerprint density at radius 2 is 1.59 bits per heavy atom. The van der Waals surface area contributed by atoms with Crippen molar-refractivity contribution in [2.24, 2.45) is 5.92 Å². The van der Waals surface area contributed by atoms with Gasteiger partial charge in [-0.05, 0) is 29.8 Å². The van der Waals surface area contributed by atoms with Crippen LogP contribution >= 0.6 is 11.6 Å². The minimum absolute atomic E-state index is 0.109. The lowest BCUT2D eigenvalue weighted by atomic mass is 9.83. The summed E-state index contributed by atoms with van der Waals surface area (Å²) in [5.74, 6) is -1.42. The van der Waals surface area contributed by atoms with Crippen LogP contribution in [0.5, 0.6) is 0 Å². The molecule has 0 aromatic heterocycles. The third kappa shape index (κ3) is 3.73. The second kappa shape index (κ2) is 7.41. The first kappa shape index (κ1) is 15.8. The predicted octanol–water partition coefficient (Wildman–Crippen LogP) is 4.36. The molecule has 2 rings (SSSR count). The molecule has 22 heavy (non-hydrogen) atoms. The average Bonchev–Trinajstić information content (AvgIpc) is 2.56. The summed E-state index contributed by atoms with van der Waals surface area (Å²) in [6, 6.07) is 19.8. The van der Waals surface area contributed by atoms with Crippen LogP contribution in [0.4, 0.5) is 0 Å². The lowest BCUT2D eigenvalue weighted by Gasteiger charge is -2.17. The van der Waals surface area contributed by atoms with E-state index in [1.807, 2.05) is 42.5 Å². The number of Topliss-reactive ketones (excluding diaryl/α,β-unsaturated/α-hetero) is 1. The van der Waals surface area contributed by atoms with Crippen LogP contribution in [0, 0.1) is 28.6 Å². The van der Waals surface area contributed by atoms with Crippen LogP contribution in [0.25, 0.3) is 0 Å². The van der Waals surface area contributed by atoms with Gasteiger partial charge >= 0.3 is 0 Å². The van der Waals surface area contributed by atoms with Gasteiger partial charge in [-0.2, -0.15) is 10.5 Å². The largest absolute Gasteiger partial charge is 0.294 e. The van der Waals surface area contributed by atoms with E-state index in [0.717, 1.165) is 5.56 Å². The fourth-order valence-electron chi connectivity index (χ4n) is 2.29. The zero-order valence-corrected chi connectivity index (χ0v) is 12.5. The average molecular weight is 309 g/mol. The summed E-state index contributed by atoms with van der Waals surface area (Å²) in [6.07, 6.45) is 0.109. The maximum atomic E-state index is 12.4. The molecule has 2 aromatic rings. The Hall–Kier alpha value is -2.62. The molecule has 0 amide bonds. The standard InChI is InChI=1S/C18H13ClN2O/c19-16-8-6-14(7-9-16)18(22)10-17(15(11-20)12-21)13-4-2-1-3-5-13/h1-9,15,17H,10H2. The Labute approximate surface area is 134 Å². The highest BCUT2D eigenvalue weighted by molar-refractivity contribution is 6.30. The van der Waals surface area contributed by atoms with E-state index in [-0.39, 0.29) is 12.2 Å². The molecule has 1 atom stereocenters. The Morgan fingerprint density at radius 3 is 2.14 bits per heavy atom. The molecular weight excluding hydrogens is 296 g/mol. The molecule has 0 aliphatic rings. The molecular formula is C18H13ClN2O. The van der Waals surface area contributed by atoms with E-state index in [1.165, 1.54) is 0 Å². The first-order valence-corrected chi connectivity index (χ1v) is 7.16. The number of nitriles is 2. The zero-order chi connectivity index (χ0) is 15.9. The Kier molecular flexibility index (Phi) is 5.31. The van der Waals surface area contributed by atoms with Crippen molar-refractivity contribution in [3.8, 4) is 12.1 Å². The molecule has 3 nitrogen and oxygen atoms in total. The number of hydrogen-bond donors (Lipinski definition) is 0. The highest BCUT2D eigenvalue weighted by Crippen LogP contribution is 2.29. The van der Waals surface area contributed by atoms with Crippen LogP contribution < -0.4 is 0 Å². The van der Waals surface area contributed by atoms with Gasteiger partial charge in [-0.3, -0.25) is 4.79 Å². The summed E-state index contributed by atoms with van der Waals surface area (Å²) in [5.41, 5.74) is 1.35. The van der Waals surface area contributed by atoms with Gasteiger partial charge in [-0.15, -0.1) is 0 Å². The van der Waals surface area contributed by atoms with Crippen molar-refractivity contribution in [2.75, 3.05) is 0 Å². The van der Waals surface area contributed by atoms with Crippen LogP contribution in [0.2, 0.25) is 5.02 Å². The van der Waals surface area contributed by atoms with Crippen molar-refractivity contribution >= 4 is 17.4 Å². The second-order valence-electron chi connectivity index (χ2n) is 4.89. The summed E-state index contributed by atoms with van der Waals surface area (Å²) < 4.78 is 0. The van der Waals surface area contributed by atoms with Crippen LogP contribution in [-0.4, -0.2) is 5.78 Å². The highest BCUT2D eigenvalue weighted by atomic mass is 35.5. The zero-order valence-electron chi connectivity index (χ0n) is 11.7. The molecule has 0 saturated carbocycles. The summed E-state index contributed by atoms with van der Waals surface area (Å²) >= 11 is 5.82. The summed E-state index contributed by atoms with van der Waals surface area (Å²) in [7, 11) is 0. The molecule has 0 saturated heterocycles. The van der Waals surface area contributed by atoms with Gasteiger partial charge in [0.2, 0.25) is 0 Å². The van der Waals surface area contributed by atoms with E-state index in [0.29, 0.717) is 10.6 Å². The number of carbonyl (C=O) groups is 1. The molecule has 0 heterocycles. The minimum atomic E-state index is -0.862. The Balaban J connectivity index is 2.27. The molecule has 0 aliphatic carbocycles. The molecule has 4 heteroatoms. The second-order valence-corrected chi connectivity index (χ2v) is 5.32. The van der Waals surface area contributed by atoms with Crippen molar-refractivity contribution < 1.29 is 4.79 Å². The van der Waals surface area contributed by atoms with Crippen molar-refractivity contribution in [3.63, 3.8) is 0 Å². The van der Waals surface area contributed by atoms with Crippen molar-refractivity contribution in [2.45, 2.75) is 12.3 Å². The number of nitrogens with zero attached hydrogens (tertiary/aromatic N) is 2. The topological polar surface area (TPSA) is 64.7 Å². The highest BCUT2D eigenvalue weighted by Gasteiger charge is 2.26. The number of halogens is 1. The van der Waals surface area contributed by atoms with Crippen LogP contribution in [0.15, 0.2) is 54.6 Å². The summed E-state index contributed by atoms with van der Waals surface area (Å²) in [4.78, 5) is 12.4.